The molecule has 1 heterocycles. The number of halogens is 3. The minimum absolute atomic E-state index is 0.0155. The highest BCUT2D eigenvalue weighted by Crippen LogP contribution is 2.24. The molecular formula is C12H15F3N2O3S. The summed E-state index contributed by atoms with van der Waals surface area (Å²) in [5.74, 6) is -4.93. The topological polar surface area (TPSA) is 58.6 Å². The van der Waals surface area contributed by atoms with E-state index in [9.17, 15) is 21.6 Å². The monoisotopic (exact) mass is 324 g/mol. The molecule has 1 aliphatic rings. The Balaban J connectivity index is 2.32. The van der Waals surface area contributed by atoms with Crippen molar-refractivity contribution in [3.05, 3.63) is 29.6 Å². The summed E-state index contributed by atoms with van der Waals surface area (Å²) in [7, 11) is -2.55. The molecule has 0 bridgehead atoms. The molecule has 5 nitrogen and oxygen atoms in total. The van der Waals surface area contributed by atoms with Crippen LogP contribution in [0, 0.1) is 17.5 Å². The lowest BCUT2D eigenvalue weighted by atomic mass is 10.3. The standard InChI is InChI=1S/C12H15F3N2O3S/c1-16-6-8-7-17(4-5-20-8)21(18,19)10-3-2-9(13)11(14)12(10)15/h2-3,8,16H,4-7H2,1H3. The number of benzene rings is 1. The van der Waals surface area contributed by atoms with Crippen molar-refractivity contribution in [3.8, 4) is 0 Å². The largest absolute Gasteiger partial charge is 0.374 e. The van der Waals surface area contributed by atoms with Gasteiger partial charge in [-0.15, -0.1) is 0 Å². The van der Waals surface area contributed by atoms with Gasteiger partial charge in [-0.3, -0.25) is 0 Å². The van der Waals surface area contributed by atoms with Gasteiger partial charge in [-0.2, -0.15) is 4.31 Å². The summed E-state index contributed by atoms with van der Waals surface area (Å²) in [5, 5.41) is 2.85. The number of sulfonamides is 1. The Morgan fingerprint density at radius 2 is 2.05 bits per heavy atom. The zero-order valence-electron chi connectivity index (χ0n) is 11.3. The number of rotatable bonds is 4. The summed E-state index contributed by atoms with van der Waals surface area (Å²) in [6, 6.07) is 1.32. The lowest BCUT2D eigenvalue weighted by Crippen LogP contribution is -2.48. The first-order valence-corrected chi connectivity index (χ1v) is 7.71. The van der Waals surface area contributed by atoms with E-state index in [1.54, 1.807) is 7.05 Å². The van der Waals surface area contributed by atoms with Gasteiger partial charge in [-0.25, -0.2) is 21.6 Å². The third kappa shape index (κ3) is 3.20. The van der Waals surface area contributed by atoms with Crippen LogP contribution in [0.5, 0.6) is 0 Å². The summed E-state index contributed by atoms with van der Waals surface area (Å²) < 4.78 is 70.9. The smallest absolute Gasteiger partial charge is 0.246 e. The van der Waals surface area contributed by atoms with E-state index in [-0.39, 0.29) is 25.8 Å². The van der Waals surface area contributed by atoms with E-state index in [1.165, 1.54) is 0 Å². The summed E-state index contributed by atoms with van der Waals surface area (Å²) in [4.78, 5) is -0.869. The number of nitrogens with one attached hydrogen (secondary N) is 1. The lowest BCUT2D eigenvalue weighted by molar-refractivity contribution is 0.000755. The Hall–Kier alpha value is -1.16. The first kappa shape index (κ1) is 16.2. The number of hydrogen-bond acceptors (Lipinski definition) is 4. The van der Waals surface area contributed by atoms with E-state index in [2.05, 4.69) is 5.32 Å². The van der Waals surface area contributed by atoms with E-state index >= 15 is 0 Å². The van der Waals surface area contributed by atoms with Crippen LogP contribution >= 0.6 is 0 Å². The second-order valence-electron chi connectivity index (χ2n) is 4.59. The van der Waals surface area contributed by atoms with Gasteiger partial charge in [0.2, 0.25) is 10.0 Å². The average molecular weight is 324 g/mol. The zero-order valence-corrected chi connectivity index (χ0v) is 12.1. The van der Waals surface area contributed by atoms with Crippen LogP contribution in [-0.4, -0.2) is 52.1 Å². The Morgan fingerprint density at radius 3 is 2.71 bits per heavy atom. The van der Waals surface area contributed by atoms with Crippen LogP contribution in [-0.2, 0) is 14.8 Å². The highest BCUT2D eigenvalue weighted by molar-refractivity contribution is 7.89. The highest BCUT2D eigenvalue weighted by Gasteiger charge is 2.33. The normalized spacial score (nSPS) is 20.7. The van der Waals surface area contributed by atoms with E-state index in [1.807, 2.05) is 0 Å². The maximum atomic E-state index is 13.7. The van der Waals surface area contributed by atoms with Gasteiger partial charge in [0.1, 0.15) is 4.90 Å². The second kappa shape index (κ2) is 6.30. The number of likely N-dealkylation sites (N-methyl/N-ethyl adjacent to an activating group) is 1. The fraction of sp³-hybridized carbons (Fsp3) is 0.500. The van der Waals surface area contributed by atoms with Crippen LogP contribution in [0.3, 0.4) is 0 Å². The van der Waals surface area contributed by atoms with Crippen molar-refractivity contribution in [2.45, 2.75) is 11.0 Å². The third-order valence-corrected chi connectivity index (χ3v) is 5.03. The Labute approximate surface area is 120 Å². The predicted octanol–water partition coefficient (Wildman–Crippen LogP) is 0.713. The molecule has 1 unspecified atom stereocenters. The molecule has 1 aromatic rings. The van der Waals surface area contributed by atoms with Crippen molar-refractivity contribution < 1.29 is 26.3 Å². The molecule has 1 aromatic carbocycles. The van der Waals surface area contributed by atoms with E-state index in [4.69, 9.17) is 4.74 Å². The van der Waals surface area contributed by atoms with Crippen molar-refractivity contribution in [1.29, 1.82) is 0 Å². The minimum atomic E-state index is -4.24. The summed E-state index contributed by atoms with van der Waals surface area (Å²) in [5.41, 5.74) is 0. The van der Waals surface area contributed by atoms with Gasteiger partial charge in [0.15, 0.2) is 17.5 Å². The van der Waals surface area contributed by atoms with Gasteiger partial charge in [0.05, 0.1) is 12.7 Å². The molecule has 1 aliphatic heterocycles. The third-order valence-electron chi connectivity index (χ3n) is 3.15. The van der Waals surface area contributed by atoms with Crippen LogP contribution in [0.1, 0.15) is 0 Å². The fourth-order valence-electron chi connectivity index (χ4n) is 2.11. The number of nitrogens with zero attached hydrogens (tertiary/aromatic N) is 1. The van der Waals surface area contributed by atoms with Crippen molar-refractivity contribution in [3.63, 3.8) is 0 Å². The molecule has 118 valence electrons. The van der Waals surface area contributed by atoms with Gasteiger partial charge in [0, 0.05) is 19.6 Å². The molecule has 21 heavy (non-hydrogen) atoms. The minimum Gasteiger partial charge on any atom is -0.374 e. The van der Waals surface area contributed by atoms with Crippen LogP contribution < -0.4 is 5.32 Å². The maximum absolute atomic E-state index is 13.7. The molecule has 0 aliphatic carbocycles. The first-order valence-electron chi connectivity index (χ1n) is 6.27. The first-order chi connectivity index (χ1) is 9.87. The molecular weight excluding hydrogens is 309 g/mol. The predicted molar refractivity (Wildman–Crippen MR) is 68.7 cm³/mol. The Bertz CT molecular complexity index is 622. The number of ether oxygens (including phenoxy) is 1. The fourth-order valence-corrected chi connectivity index (χ4v) is 3.62. The summed E-state index contributed by atoms with van der Waals surface area (Å²) >= 11 is 0. The van der Waals surface area contributed by atoms with Crippen molar-refractivity contribution in [1.82, 2.24) is 9.62 Å². The van der Waals surface area contributed by atoms with Crippen LogP contribution in [0.15, 0.2) is 17.0 Å². The van der Waals surface area contributed by atoms with Crippen molar-refractivity contribution in [2.75, 3.05) is 33.3 Å². The molecule has 1 N–H and O–H groups in total. The van der Waals surface area contributed by atoms with Crippen LogP contribution in [0.4, 0.5) is 13.2 Å². The summed E-state index contributed by atoms with van der Waals surface area (Å²) in [6.45, 7) is 0.617. The molecule has 0 spiro atoms. The van der Waals surface area contributed by atoms with Crippen LogP contribution in [0.2, 0.25) is 0 Å². The summed E-state index contributed by atoms with van der Waals surface area (Å²) in [6.07, 6.45) is -0.383. The zero-order chi connectivity index (χ0) is 15.6. The molecule has 2 rings (SSSR count). The molecule has 1 fully saturated rings. The molecule has 1 atom stereocenters. The molecule has 0 saturated carbocycles. The van der Waals surface area contributed by atoms with E-state index in [0.717, 1.165) is 10.4 Å². The Morgan fingerprint density at radius 1 is 1.33 bits per heavy atom. The SMILES string of the molecule is CNCC1CN(S(=O)(=O)c2ccc(F)c(F)c2F)CCO1. The van der Waals surface area contributed by atoms with Gasteiger partial charge in [-0.1, -0.05) is 0 Å². The average Bonchev–Trinajstić information content (AvgIpc) is 2.45. The van der Waals surface area contributed by atoms with Gasteiger partial charge in [0.25, 0.3) is 0 Å². The molecule has 1 saturated heterocycles. The molecule has 0 aromatic heterocycles. The lowest BCUT2D eigenvalue weighted by Gasteiger charge is -2.32. The van der Waals surface area contributed by atoms with Gasteiger partial charge >= 0.3 is 0 Å². The van der Waals surface area contributed by atoms with Crippen LogP contribution in [0.25, 0.3) is 0 Å². The second-order valence-corrected chi connectivity index (χ2v) is 6.49. The molecule has 0 amide bonds. The van der Waals surface area contributed by atoms with Gasteiger partial charge < -0.3 is 10.1 Å². The van der Waals surface area contributed by atoms with Crippen molar-refractivity contribution >= 4 is 10.0 Å². The van der Waals surface area contributed by atoms with Crippen molar-refractivity contribution in [2.24, 2.45) is 0 Å². The number of hydrogen-bond donors (Lipinski definition) is 1. The van der Waals surface area contributed by atoms with Gasteiger partial charge in [-0.05, 0) is 19.2 Å². The quantitative estimate of drug-likeness (QED) is 0.829. The van der Waals surface area contributed by atoms with E-state index < -0.39 is 32.4 Å². The molecule has 9 heteroatoms. The molecule has 0 radical (unpaired) electrons. The number of morpholine rings is 1. The maximum Gasteiger partial charge on any atom is 0.246 e. The Kier molecular flexibility index (Phi) is 4.87. The van der Waals surface area contributed by atoms with E-state index in [0.29, 0.717) is 12.6 Å². The highest BCUT2D eigenvalue weighted by atomic mass is 32.2.